The van der Waals surface area contributed by atoms with Crippen LogP contribution >= 0.6 is 0 Å². The van der Waals surface area contributed by atoms with Gasteiger partial charge < -0.3 is 10.1 Å². The maximum Gasteiger partial charge on any atom is 0.315 e. The van der Waals surface area contributed by atoms with E-state index in [9.17, 15) is 9.59 Å². The molecule has 0 saturated carbocycles. The van der Waals surface area contributed by atoms with Crippen LogP contribution in [0.25, 0.3) is 0 Å². The van der Waals surface area contributed by atoms with Gasteiger partial charge in [-0.1, -0.05) is 6.92 Å². The van der Waals surface area contributed by atoms with Crippen molar-refractivity contribution < 1.29 is 14.3 Å². The van der Waals surface area contributed by atoms with E-state index in [-0.39, 0.29) is 18.4 Å². The van der Waals surface area contributed by atoms with Crippen molar-refractivity contribution in [3.8, 4) is 0 Å². The molecule has 0 spiro atoms. The number of amides is 1. The standard InChI is InChI=1S/C9H17NO3/c1-4-7(3)10-8(11)6-9(12)13-5-2/h7H,4-6H2,1-3H3,(H,10,11). The van der Waals surface area contributed by atoms with Crippen LogP contribution in [-0.4, -0.2) is 24.5 Å². The SMILES string of the molecule is CCOC(=O)CC(=O)NC(C)CC. The lowest BCUT2D eigenvalue weighted by Gasteiger charge is -2.10. The lowest BCUT2D eigenvalue weighted by molar-refractivity contribution is -0.146. The van der Waals surface area contributed by atoms with E-state index >= 15 is 0 Å². The van der Waals surface area contributed by atoms with Gasteiger partial charge in [0.15, 0.2) is 0 Å². The van der Waals surface area contributed by atoms with Gasteiger partial charge in [0.25, 0.3) is 0 Å². The second-order valence-electron chi connectivity index (χ2n) is 2.86. The Labute approximate surface area is 78.6 Å². The van der Waals surface area contributed by atoms with Crippen LogP contribution in [0.3, 0.4) is 0 Å². The summed E-state index contributed by atoms with van der Waals surface area (Å²) in [5.74, 6) is -0.740. The summed E-state index contributed by atoms with van der Waals surface area (Å²) in [7, 11) is 0. The molecule has 0 rings (SSSR count). The lowest BCUT2D eigenvalue weighted by Crippen LogP contribution is -2.33. The Hall–Kier alpha value is -1.06. The molecule has 0 fully saturated rings. The first-order valence-corrected chi connectivity index (χ1v) is 4.55. The third-order valence-corrected chi connectivity index (χ3v) is 1.63. The van der Waals surface area contributed by atoms with Gasteiger partial charge in [-0.05, 0) is 20.3 Å². The number of esters is 1. The molecule has 0 aliphatic carbocycles. The molecule has 0 aromatic carbocycles. The fourth-order valence-corrected chi connectivity index (χ4v) is 0.771. The topological polar surface area (TPSA) is 55.4 Å². The molecule has 1 N–H and O–H groups in total. The van der Waals surface area contributed by atoms with Gasteiger partial charge in [-0.3, -0.25) is 9.59 Å². The van der Waals surface area contributed by atoms with Gasteiger partial charge in [0.2, 0.25) is 5.91 Å². The van der Waals surface area contributed by atoms with Crippen molar-refractivity contribution in [2.45, 2.75) is 39.7 Å². The van der Waals surface area contributed by atoms with Crippen molar-refractivity contribution in [2.75, 3.05) is 6.61 Å². The maximum absolute atomic E-state index is 11.1. The molecule has 0 heterocycles. The first kappa shape index (κ1) is 11.9. The minimum Gasteiger partial charge on any atom is -0.466 e. The molecular formula is C9H17NO3. The van der Waals surface area contributed by atoms with Gasteiger partial charge in [-0.15, -0.1) is 0 Å². The number of carbonyl (C=O) groups excluding carboxylic acids is 2. The van der Waals surface area contributed by atoms with Crippen LogP contribution in [0.4, 0.5) is 0 Å². The van der Waals surface area contributed by atoms with E-state index in [0.29, 0.717) is 6.61 Å². The number of nitrogens with one attached hydrogen (secondary N) is 1. The summed E-state index contributed by atoms with van der Waals surface area (Å²) in [5, 5.41) is 2.68. The highest BCUT2D eigenvalue weighted by molar-refractivity contribution is 5.94. The van der Waals surface area contributed by atoms with Crippen LogP contribution in [0.15, 0.2) is 0 Å². The third-order valence-electron chi connectivity index (χ3n) is 1.63. The molecular weight excluding hydrogens is 170 g/mol. The largest absolute Gasteiger partial charge is 0.466 e. The first-order chi connectivity index (χ1) is 6.10. The molecule has 1 unspecified atom stereocenters. The molecule has 4 heteroatoms. The molecule has 1 amide bonds. The minimum absolute atomic E-state index is 0.113. The number of carbonyl (C=O) groups is 2. The van der Waals surface area contributed by atoms with E-state index < -0.39 is 5.97 Å². The van der Waals surface area contributed by atoms with E-state index in [2.05, 4.69) is 10.1 Å². The average molecular weight is 187 g/mol. The smallest absolute Gasteiger partial charge is 0.315 e. The van der Waals surface area contributed by atoms with Crippen molar-refractivity contribution in [2.24, 2.45) is 0 Å². The second-order valence-corrected chi connectivity index (χ2v) is 2.86. The van der Waals surface area contributed by atoms with Crippen LogP contribution in [0.1, 0.15) is 33.6 Å². The number of hydrogen-bond donors (Lipinski definition) is 1. The summed E-state index contributed by atoms with van der Waals surface area (Å²) in [5.41, 5.74) is 0. The van der Waals surface area contributed by atoms with E-state index in [1.165, 1.54) is 0 Å². The van der Waals surface area contributed by atoms with E-state index in [4.69, 9.17) is 0 Å². The predicted octanol–water partition coefficient (Wildman–Crippen LogP) is 0.854. The molecule has 4 nitrogen and oxygen atoms in total. The molecule has 0 aliphatic heterocycles. The second kappa shape index (κ2) is 6.46. The number of hydrogen-bond acceptors (Lipinski definition) is 3. The predicted molar refractivity (Wildman–Crippen MR) is 49.1 cm³/mol. The van der Waals surface area contributed by atoms with Crippen LogP contribution in [0.5, 0.6) is 0 Å². The Kier molecular flexibility index (Phi) is 5.93. The Morgan fingerprint density at radius 3 is 2.46 bits per heavy atom. The third kappa shape index (κ3) is 6.13. The zero-order valence-electron chi connectivity index (χ0n) is 8.42. The molecule has 0 bridgehead atoms. The highest BCUT2D eigenvalue weighted by Crippen LogP contribution is 1.91. The van der Waals surface area contributed by atoms with E-state index in [0.717, 1.165) is 6.42 Å². The van der Waals surface area contributed by atoms with Gasteiger partial charge in [0, 0.05) is 6.04 Å². The van der Waals surface area contributed by atoms with Gasteiger partial charge in [-0.25, -0.2) is 0 Å². The molecule has 0 aliphatic rings. The quantitative estimate of drug-likeness (QED) is 0.513. The van der Waals surface area contributed by atoms with E-state index in [1.54, 1.807) is 6.92 Å². The summed E-state index contributed by atoms with van der Waals surface area (Å²) >= 11 is 0. The molecule has 0 aromatic rings. The maximum atomic E-state index is 11.1. The van der Waals surface area contributed by atoms with Crippen molar-refractivity contribution in [3.63, 3.8) is 0 Å². The molecule has 0 saturated heterocycles. The van der Waals surface area contributed by atoms with Gasteiger partial charge in [0.05, 0.1) is 6.61 Å². The minimum atomic E-state index is -0.469. The van der Waals surface area contributed by atoms with Crippen molar-refractivity contribution in [1.82, 2.24) is 5.32 Å². The summed E-state index contributed by atoms with van der Waals surface area (Å²) in [6, 6.07) is 0.113. The zero-order valence-corrected chi connectivity index (χ0v) is 8.42. The van der Waals surface area contributed by atoms with Crippen LogP contribution in [0.2, 0.25) is 0 Å². The van der Waals surface area contributed by atoms with Crippen LogP contribution < -0.4 is 5.32 Å². The Balaban J connectivity index is 3.67. The van der Waals surface area contributed by atoms with Gasteiger partial charge >= 0.3 is 5.97 Å². The van der Waals surface area contributed by atoms with Crippen LogP contribution in [0, 0.1) is 0 Å². The first-order valence-electron chi connectivity index (χ1n) is 4.55. The highest BCUT2D eigenvalue weighted by atomic mass is 16.5. The molecule has 0 radical (unpaired) electrons. The van der Waals surface area contributed by atoms with Crippen LogP contribution in [-0.2, 0) is 14.3 Å². The van der Waals surface area contributed by atoms with Crippen molar-refractivity contribution in [3.05, 3.63) is 0 Å². The lowest BCUT2D eigenvalue weighted by atomic mass is 10.2. The number of rotatable bonds is 5. The Bertz CT molecular complexity index is 180. The molecule has 76 valence electrons. The summed E-state index contributed by atoms with van der Waals surface area (Å²) in [4.78, 5) is 21.9. The number of ether oxygens (including phenoxy) is 1. The van der Waals surface area contributed by atoms with E-state index in [1.807, 2.05) is 13.8 Å². The van der Waals surface area contributed by atoms with Crippen molar-refractivity contribution >= 4 is 11.9 Å². The summed E-state index contributed by atoms with van der Waals surface area (Å²) in [6.45, 7) is 5.89. The van der Waals surface area contributed by atoms with Gasteiger partial charge in [-0.2, -0.15) is 0 Å². The van der Waals surface area contributed by atoms with Gasteiger partial charge in [0.1, 0.15) is 6.42 Å². The molecule has 0 aromatic heterocycles. The Morgan fingerprint density at radius 2 is 2.00 bits per heavy atom. The fourth-order valence-electron chi connectivity index (χ4n) is 0.771. The normalized spacial score (nSPS) is 11.9. The Morgan fingerprint density at radius 1 is 1.38 bits per heavy atom. The molecule has 13 heavy (non-hydrogen) atoms. The highest BCUT2D eigenvalue weighted by Gasteiger charge is 2.11. The average Bonchev–Trinajstić information content (AvgIpc) is 2.04. The zero-order chi connectivity index (χ0) is 10.3. The summed E-state index contributed by atoms with van der Waals surface area (Å²) in [6.07, 6.45) is 0.673. The monoisotopic (exact) mass is 187 g/mol. The fraction of sp³-hybridized carbons (Fsp3) is 0.778. The molecule has 1 atom stereocenters. The van der Waals surface area contributed by atoms with Crippen molar-refractivity contribution in [1.29, 1.82) is 0 Å². The summed E-state index contributed by atoms with van der Waals surface area (Å²) < 4.78 is 4.63.